The fourth-order valence-corrected chi connectivity index (χ4v) is 10.8. The van der Waals surface area contributed by atoms with E-state index in [0.29, 0.717) is 84.9 Å². The molecule has 0 bridgehead atoms. The Balaban J connectivity index is 0.815. The molecule has 0 aromatic heterocycles. The lowest BCUT2D eigenvalue weighted by molar-refractivity contribution is -0.137. The van der Waals surface area contributed by atoms with Crippen molar-refractivity contribution in [3.05, 3.63) is 125 Å². The highest BCUT2D eigenvalue weighted by Gasteiger charge is 2.48. The number of ether oxygens (including phenoxy) is 5. The Morgan fingerprint density at radius 1 is 0.671 bits per heavy atom. The van der Waals surface area contributed by atoms with Crippen molar-refractivity contribution in [1.82, 2.24) is 10.6 Å². The van der Waals surface area contributed by atoms with E-state index < -0.39 is 60.0 Å². The highest BCUT2D eigenvalue weighted by Crippen LogP contribution is 2.45. The molecule has 1 unspecified atom stereocenters. The minimum atomic E-state index is -1.56. The van der Waals surface area contributed by atoms with Gasteiger partial charge in [-0.2, -0.15) is 0 Å². The number of carbonyl (C=O) groups excluding carboxylic acids is 6. The SMILES string of the molecule is COc1cc2c(cc1OCCCCCOc1cc3c(cc1OC)C(=O)N1c4ccccc4C[C@H]1C(O)N3C(=O)OCc1ccc(NC(=O)[C@H](C)NC(=O)[C@@H](NC(=O)CCCCC(=O)O)C(C)C)cc1)NC[C@@H]1Cc3ccccc3N1C2=O. The second-order valence-electron chi connectivity index (χ2n) is 21.1. The molecule has 5 aromatic rings. The van der Waals surface area contributed by atoms with E-state index in [4.69, 9.17) is 28.8 Å². The number of methoxy groups -OCH3 is 2. The van der Waals surface area contributed by atoms with Crippen LogP contribution in [0.25, 0.3) is 0 Å². The standard InChI is InChI=1S/C61H69N7O14/c1-35(2)55(65-53(69)19-11-12-20-54(70)71)57(73)63-36(3)56(72)64-40-23-21-37(22-24-40)34-82-61(77)68-47-32-52(50(79-5)30-43(47)59(75)67-46-18-10-8-16-39(46)28-48(67)60(68)76)81-26-14-6-13-25-80-51-31-44-42(29-49(51)78-4)58(74)66-41(33-62-44)27-38-15-7-9-17-45(38)66/h7-10,15-18,21-24,29-32,35-36,41,48,55,60,62,76H,6,11-14,19-20,25-28,33-34H2,1-5H3,(H,63,73)(H,64,72)(H,65,69)(H,70,71)/t36-,41-,48-,55-,60?/m0/s1. The predicted octanol–water partition coefficient (Wildman–Crippen LogP) is 7.60. The topological polar surface area (TPSA) is 264 Å². The van der Waals surface area contributed by atoms with Crippen LogP contribution < -0.4 is 54.9 Å². The van der Waals surface area contributed by atoms with Crippen molar-refractivity contribution in [2.75, 3.05) is 59.3 Å². The maximum Gasteiger partial charge on any atom is 0.416 e. The first kappa shape index (κ1) is 57.8. The summed E-state index contributed by atoms with van der Waals surface area (Å²) >= 11 is 0. The van der Waals surface area contributed by atoms with E-state index in [1.54, 1.807) is 63.4 Å². The summed E-state index contributed by atoms with van der Waals surface area (Å²) < 4.78 is 29.8. The van der Waals surface area contributed by atoms with E-state index in [1.807, 2.05) is 41.3 Å². The van der Waals surface area contributed by atoms with Crippen LogP contribution in [0.4, 0.5) is 33.2 Å². The van der Waals surface area contributed by atoms with Gasteiger partial charge in [0.05, 0.1) is 62.0 Å². The minimum Gasteiger partial charge on any atom is -0.493 e. The van der Waals surface area contributed by atoms with Crippen LogP contribution >= 0.6 is 0 Å². The molecule has 82 heavy (non-hydrogen) atoms. The average Bonchev–Trinajstić information content (AvgIpc) is 2.76. The number of nitrogens with zero attached hydrogens (tertiary/aromatic N) is 3. The third-order valence-corrected chi connectivity index (χ3v) is 15.1. The monoisotopic (exact) mass is 1120 g/mol. The van der Waals surface area contributed by atoms with Gasteiger partial charge in [-0.15, -0.1) is 0 Å². The van der Waals surface area contributed by atoms with Gasteiger partial charge in [0.2, 0.25) is 17.7 Å². The van der Waals surface area contributed by atoms with Crippen LogP contribution in [0.3, 0.4) is 0 Å². The van der Waals surface area contributed by atoms with Gasteiger partial charge in [0.25, 0.3) is 11.8 Å². The number of hydrogen-bond donors (Lipinski definition) is 6. The van der Waals surface area contributed by atoms with E-state index in [-0.39, 0.29) is 73.1 Å². The number of aliphatic carboxylic acids is 1. The largest absolute Gasteiger partial charge is 0.493 e. The summed E-state index contributed by atoms with van der Waals surface area (Å²) in [5.41, 5.74) is 5.75. The third kappa shape index (κ3) is 12.7. The van der Waals surface area contributed by atoms with Crippen molar-refractivity contribution in [3.8, 4) is 23.0 Å². The molecule has 6 N–H and O–H groups in total. The van der Waals surface area contributed by atoms with Gasteiger partial charge in [-0.25, -0.2) is 9.69 Å². The van der Waals surface area contributed by atoms with Gasteiger partial charge in [-0.3, -0.25) is 28.8 Å². The number of benzene rings is 5. The maximum absolute atomic E-state index is 14.6. The van der Waals surface area contributed by atoms with E-state index in [0.717, 1.165) is 28.1 Å². The van der Waals surface area contributed by atoms with Crippen molar-refractivity contribution in [2.24, 2.45) is 5.92 Å². The first-order valence-electron chi connectivity index (χ1n) is 27.7. The number of fused-ring (bicyclic) bond motifs is 8. The Morgan fingerprint density at radius 3 is 1.94 bits per heavy atom. The van der Waals surface area contributed by atoms with Gasteiger partial charge in [0.1, 0.15) is 18.7 Å². The second-order valence-corrected chi connectivity index (χ2v) is 21.1. The molecule has 21 heteroatoms. The average molecular weight is 1120 g/mol. The molecule has 4 aliphatic heterocycles. The molecule has 21 nitrogen and oxygen atoms in total. The molecule has 5 aromatic carbocycles. The van der Waals surface area contributed by atoms with Gasteiger partial charge in [0, 0.05) is 48.6 Å². The Kier molecular flexibility index (Phi) is 18.1. The highest BCUT2D eigenvalue weighted by molar-refractivity contribution is 6.15. The van der Waals surface area contributed by atoms with Crippen LogP contribution in [0, 0.1) is 5.92 Å². The number of carbonyl (C=O) groups is 7. The van der Waals surface area contributed by atoms with Crippen LogP contribution in [0.1, 0.15) is 103 Å². The van der Waals surface area contributed by atoms with Crippen molar-refractivity contribution in [1.29, 1.82) is 0 Å². The lowest BCUT2D eigenvalue weighted by Crippen LogP contribution is -2.53. The smallest absolute Gasteiger partial charge is 0.416 e. The summed E-state index contributed by atoms with van der Waals surface area (Å²) in [7, 11) is 3.00. The summed E-state index contributed by atoms with van der Waals surface area (Å²) in [6.07, 6.45) is 1.17. The molecule has 0 aliphatic carbocycles. The van der Waals surface area contributed by atoms with Gasteiger partial charge in [-0.1, -0.05) is 62.4 Å². The zero-order valence-electron chi connectivity index (χ0n) is 46.5. The number of carboxylic acids is 1. The van der Waals surface area contributed by atoms with E-state index in [2.05, 4.69) is 27.3 Å². The lowest BCUT2D eigenvalue weighted by Gasteiger charge is -2.32. The molecule has 0 spiro atoms. The molecule has 432 valence electrons. The summed E-state index contributed by atoms with van der Waals surface area (Å²) in [5, 5.41) is 32.6. The third-order valence-electron chi connectivity index (χ3n) is 15.1. The summed E-state index contributed by atoms with van der Waals surface area (Å²) in [6.45, 7) is 5.94. The molecular formula is C61H69N7O14. The van der Waals surface area contributed by atoms with Crippen LogP contribution in [-0.4, -0.2) is 116 Å². The maximum atomic E-state index is 14.6. The number of rotatable bonds is 23. The zero-order chi connectivity index (χ0) is 58.2. The number of carboxylic acid groups (broad SMARTS) is 1. The van der Waals surface area contributed by atoms with E-state index >= 15 is 0 Å². The van der Waals surface area contributed by atoms with Crippen molar-refractivity contribution in [3.63, 3.8) is 0 Å². The number of amides is 6. The fourth-order valence-electron chi connectivity index (χ4n) is 10.8. The molecule has 0 saturated carbocycles. The van der Waals surface area contributed by atoms with Crippen LogP contribution in [0.2, 0.25) is 0 Å². The van der Waals surface area contributed by atoms with Gasteiger partial charge >= 0.3 is 12.1 Å². The molecular weight excluding hydrogens is 1050 g/mol. The molecule has 0 fully saturated rings. The lowest BCUT2D eigenvalue weighted by atomic mass is 10.0. The van der Waals surface area contributed by atoms with Crippen molar-refractivity contribution in [2.45, 2.75) is 116 Å². The quantitative estimate of drug-likeness (QED) is 0.0344. The van der Waals surface area contributed by atoms with Crippen LogP contribution in [-0.2, 0) is 43.4 Å². The Hall–Kier alpha value is -8.85. The van der Waals surface area contributed by atoms with Crippen molar-refractivity contribution < 1.29 is 67.5 Å². The normalized spacial score (nSPS) is 17.3. The highest BCUT2D eigenvalue weighted by atomic mass is 16.6. The number of aliphatic hydroxyl groups excluding tert-OH is 1. The van der Waals surface area contributed by atoms with Crippen molar-refractivity contribution >= 4 is 70.0 Å². The Labute approximate surface area is 475 Å². The molecule has 9 rings (SSSR count). The number of para-hydroxylation sites is 2. The number of aliphatic hydroxyl groups is 1. The molecule has 0 saturated heterocycles. The van der Waals surface area contributed by atoms with Crippen LogP contribution in [0.15, 0.2) is 97.1 Å². The number of hydrogen-bond acceptors (Lipinski definition) is 14. The first-order chi connectivity index (χ1) is 39.5. The number of unbranched alkanes of at least 4 members (excludes halogenated alkanes) is 3. The molecule has 6 amide bonds. The van der Waals surface area contributed by atoms with Gasteiger partial charge < -0.3 is 65.0 Å². The predicted molar refractivity (Wildman–Crippen MR) is 305 cm³/mol. The molecule has 4 heterocycles. The Bertz CT molecular complexity index is 3220. The van der Waals surface area contributed by atoms with Gasteiger partial charge in [-0.05, 0) is 111 Å². The van der Waals surface area contributed by atoms with Gasteiger partial charge in [0.15, 0.2) is 29.2 Å². The summed E-state index contributed by atoms with van der Waals surface area (Å²) in [6, 6.07) is 25.5. The zero-order valence-corrected chi connectivity index (χ0v) is 46.5. The summed E-state index contributed by atoms with van der Waals surface area (Å²) in [4.78, 5) is 97.1. The molecule has 4 aliphatic rings. The second kappa shape index (κ2) is 25.7. The van der Waals surface area contributed by atoms with Crippen LogP contribution in [0.5, 0.6) is 23.0 Å². The summed E-state index contributed by atoms with van der Waals surface area (Å²) in [5.74, 6) is -1.84. The molecule has 0 radical (unpaired) electrons. The minimum absolute atomic E-state index is 0.0105. The number of nitrogens with one attached hydrogen (secondary N) is 4. The molecule has 5 atom stereocenters. The Morgan fingerprint density at radius 2 is 1.28 bits per heavy atom. The van der Waals surface area contributed by atoms with E-state index in [9.17, 15) is 38.7 Å². The number of anilines is 5. The van der Waals surface area contributed by atoms with E-state index in [1.165, 1.54) is 31.1 Å². The fraction of sp³-hybridized carbons (Fsp3) is 0.393. The first-order valence-corrected chi connectivity index (χ1v) is 27.7.